The summed E-state index contributed by atoms with van der Waals surface area (Å²) in [5.74, 6) is 0. The molecule has 9 heteroatoms. The fourth-order valence-corrected chi connectivity index (χ4v) is 2.91. The Kier molecular flexibility index (Phi) is 3.60. The van der Waals surface area contributed by atoms with Crippen molar-refractivity contribution in [3.63, 3.8) is 0 Å². The number of rotatable bonds is 3. The first-order valence-electron chi connectivity index (χ1n) is 4.34. The molecular formula is C8H11N2O5S2. The highest BCUT2D eigenvalue weighted by Crippen LogP contribution is 2.23. The van der Waals surface area contributed by atoms with E-state index in [-0.39, 0.29) is 11.1 Å². The molecule has 0 fully saturated rings. The second kappa shape index (κ2) is 4.35. The summed E-state index contributed by atoms with van der Waals surface area (Å²) in [6, 6.07) is 1.93. The number of hydrogen-bond acceptors (Lipinski definition) is 4. The van der Waals surface area contributed by atoms with Crippen LogP contribution >= 0.6 is 0 Å². The predicted molar refractivity (Wildman–Crippen MR) is 58.3 cm³/mol. The van der Waals surface area contributed by atoms with Crippen molar-refractivity contribution in [1.82, 2.24) is 0 Å². The van der Waals surface area contributed by atoms with Gasteiger partial charge in [0, 0.05) is 5.56 Å². The van der Waals surface area contributed by atoms with Crippen LogP contribution in [0, 0.1) is 6.92 Å². The van der Waals surface area contributed by atoms with E-state index in [9.17, 15) is 21.9 Å². The molecule has 1 rings (SSSR count). The Balaban J connectivity index is 3.75. The molecule has 0 heterocycles. The van der Waals surface area contributed by atoms with Gasteiger partial charge in [-0.1, -0.05) is 0 Å². The van der Waals surface area contributed by atoms with Crippen LogP contribution < -0.4 is 10.3 Å². The summed E-state index contributed by atoms with van der Waals surface area (Å²) < 4.78 is 44.8. The van der Waals surface area contributed by atoms with E-state index in [1.54, 1.807) is 0 Å². The summed E-state index contributed by atoms with van der Waals surface area (Å²) >= 11 is 0. The topological polar surface area (TPSA) is 140 Å². The van der Waals surface area contributed by atoms with Gasteiger partial charge >= 0.3 is 0 Å². The van der Waals surface area contributed by atoms with Gasteiger partial charge < -0.3 is 0 Å². The van der Waals surface area contributed by atoms with Gasteiger partial charge in [-0.15, -0.1) is 0 Å². The Labute approximate surface area is 99.2 Å². The Morgan fingerprint density at radius 2 is 1.59 bits per heavy atom. The molecule has 95 valence electrons. The molecular weight excluding hydrogens is 268 g/mol. The van der Waals surface area contributed by atoms with E-state index in [0.717, 1.165) is 12.1 Å². The van der Waals surface area contributed by atoms with Gasteiger partial charge in [0.25, 0.3) is 0 Å². The van der Waals surface area contributed by atoms with Gasteiger partial charge in [0.15, 0.2) is 0 Å². The SMILES string of the molecule is Cc1cc(S(N)(=O)=O)cc(S(N)(=O)=O)c1C[O]. The molecule has 4 N–H and O–H groups in total. The van der Waals surface area contributed by atoms with E-state index >= 15 is 0 Å². The average molecular weight is 279 g/mol. The molecule has 0 bridgehead atoms. The maximum Gasteiger partial charge on any atom is 0.238 e. The van der Waals surface area contributed by atoms with Crippen molar-refractivity contribution in [1.29, 1.82) is 0 Å². The predicted octanol–water partition coefficient (Wildman–Crippen LogP) is -0.780. The lowest BCUT2D eigenvalue weighted by Crippen LogP contribution is -2.18. The standard InChI is InChI=1S/C8H11N2O5S2/c1-5-2-6(16(9,12)13)3-8(7(5)4-11)17(10,14)15/h2-3H,4H2,1H3,(H2,9,12,13)(H2,10,14,15). The molecule has 0 saturated carbocycles. The first kappa shape index (κ1) is 14.1. The summed E-state index contributed by atoms with van der Waals surface area (Å²) in [5, 5.41) is 20.7. The maximum absolute atomic E-state index is 11.2. The van der Waals surface area contributed by atoms with Gasteiger partial charge in [-0.05, 0) is 24.6 Å². The van der Waals surface area contributed by atoms with Crippen LogP contribution in [0.1, 0.15) is 11.1 Å². The molecule has 0 aliphatic heterocycles. The van der Waals surface area contributed by atoms with Crippen LogP contribution in [0.15, 0.2) is 21.9 Å². The summed E-state index contributed by atoms with van der Waals surface area (Å²) in [7, 11) is -8.23. The number of hydrogen-bond donors (Lipinski definition) is 2. The van der Waals surface area contributed by atoms with Crippen LogP contribution in [0.5, 0.6) is 0 Å². The average Bonchev–Trinajstić information content (AvgIpc) is 2.13. The zero-order valence-corrected chi connectivity index (χ0v) is 10.5. The first-order valence-corrected chi connectivity index (χ1v) is 7.44. The van der Waals surface area contributed by atoms with Crippen LogP contribution in [-0.4, -0.2) is 16.8 Å². The molecule has 1 aromatic carbocycles. The van der Waals surface area contributed by atoms with Gasteiger partial charge in [0.1, 0.15) is 6.61 Å². The second-order valence-corrected chi connectivity index (χ2v) is 6.54. The zero-order chi connectivity index (χ0) is 13.4. The highest BCUT2D eigenvalue weighted by atomic mass is 32.2. The monoisotopic (exact) mass is 279 g/mol. The molecule has 7 nitrogen and oxygen atoms in total. The fraction of sp³-hybridized carbons (Fsp3) is 0.250. The largest absolute Gasteiger partial charge is 0.238 e. The van der Waals surface area contributed by atoms with E-state index in [1.165, 1.54) is 6.92 Å². The van der Waals surface area contributed by atoms with Crippen molar-refractivity contribution in [2.24, 2.45) is 10.3 Å². The smallest absolute Gasteiger partial charge is 0.232 e. The minimum Gasteiger partial charge on any atom is -0.232 e. The lowest BCUT2D eigenvalue weighted by atomic mass is 10.1. The number of nitrogens with two attached hydrogens (primary N) is 2. The molecule has 0 unspecified atom stereocenters. The minimum atomic E-state index is -4.17. The summed E-state index contributed by atoms with van der Waals surface area (Å²) in [6.07, 6.45) is 0. The Morgan fingerprint density at radius 3 is 1.94 bits per heavy atom. The highest BCUT2D eigenvalue weighted by Gasteiger charge is 2.20. The molecule has 1 aromatic rings. The lowest BCUT2D eigenvalue weighted by Gasteiger charge is -2.10. The Bertz CT molecular complexity index is 649. The molecule has 0 amide bonds. The second-order valence-electron chi connectivity index (χ2n) is 3.45. The van der Waals surface area contributed by atoms with E-state index in [4.69, 9.17) is 10.3 Å². The van der Waals surface area contributed by atoms with Gasteiger partial charge in [-0.2, -0.15) is 0 Å². The summed E-state index contributed by atoms with van der Waals surface area (Å²) in [6.45, 7) is 0.596. The van der Waals surface area contributed by atoms with E-state index in [1.807, 2.05) is 0 Å². The first-order chi connectivity index (χ1) is 7.57. The molecule has 0 atom stereocenters. The summed E-state index contributed by atoms with van der Waals surface area (Å²) in [5.41, 5.74) is 0.162. The molecule has 0 aromatic heterocycles. The van der Waals surface area contributed by atoms with Crippen molar-refractivity contribution >= 4 is 20.0 Å². The Morgan fingerprint density at radius 1 is 1.06 bits per heavy atom. The molecule has 0 saturated heterocycles. The third kappa shape index (κ3) is 3.01. The number of benzene rings is 1. The Hall–Kier alpha value is -1.00. The third-order valence-electron chi connectivity index (χ3n) is 2.18. The lowest BCUT2D eigenvalue weighted by molar-refractivity contribution is 0.174. The zero-order valence-electron chi connectivity index (χ0n) is 8.87. The molecule has 17 heavy (non-hydrogen) atoms. The van der Waals surface area contributed by atoms with E-state index < -0.39 is 36.4 Å². The van der Waals surface area contributed by atoms with Crippen LogP contribution in [0.4, 0.5) is 0 Å². The van der Waals surface area contributed by atoms with Gasteiger partial charge in [0.2, 0.25) is 20.0 Å². The van der Waals surface area contributed by atoms with Gasteiger partial charge in [0.05, 0.1) is 9.79 Å². The van der Waals surface area contributed by atoms with Crippen molar-refractivity contribution in [3.05, 3.63) is 23.3 Å². The number of aryl methyl sites for hydroxylation is 1. The minimum absolute atomic E-state index is 0.0556. The van der Waals surface area contributed by atoms with Crippen LogP contribution in [-0.2, 0) is 31.8 Å². The molecule has 0 spiro atoms. The fourth-order valence-electron chi connectivity index (χ4n) is 1.36. The number of primary sulfonamides is 2. The quantitative estimate of drug-likeness (QED) is 0.748. The molecule has 0 aliphatic carbocycles. The summed E-state index contributed by atoms with van der Waals surface area (Å²) in [4.78, 5) is -0.896. The van der Waals surface area contributed by atoms with Crippen molar-refractivity contribution in [2.75, 3.05) is 0 Å². The van der Waals surface area contributed by atoms with Crippen LogP contribution in [0.2, 0.25) is 0 Å². The maximum atomic E-state index is 11.2. The van der Waals surface area contributed by atoms with E-state index in [2.05, 4.69) is 0 Å². The highest BCUT2D eigenvalue weighted by molar-refractivity contribution is 7.90. The number of sulfonamides is 2. The van der Waals surface area contributed by atoms with E-state index in [0.29, 0.717) is 0 Å². The molecule has 1 radical (unpaired) electrons. The van der Waals surface area contributed by atoms with Crippen molar-refractivity contribution in [2.45, 2.75) is 23.3 Å². The van der Waals surface area contributed by atoms with Crippen molar-refractivity contribution in [3.8, 4) is 0 Å². The van der Waals surface area contributed by atoms with Gasteiger partial charge in [-0.25, -0.2) is 32.2 Å². The van der Waals surface area contributed by atoms with Crippen LogP contribution in [0.3, 0.4) is 0 Å². The normalized spacial score (nSPS) is 12.7. The van der Waals surface area contributed by atoms with Crippen molar-refractivity contribution < 1.29 is 21.9 Å². The van der Waals surface area contributed by atoms with Gasteiger partial charge in [-0.3, -0.25) is 0 Å². The van der Waals surface area contributed by atoms with Crippen LogP contribution in [0.25, 0.3) is 0 Å². The molecule has 0 aliphatic rings. The third-order valence-corrected chi connectivity index (χ3v) is 4.06.